The van der Waals surface area contributed by atoms with Crippen LogP contribution < -0.4 is 21.5 Å². The van der Waals surface area contributed by atoms with Crippen LogP contribution in [0.25, 0.3) is 11.2 Å². The van der Waals surface area contributed by atoms with Crippen LogP contribution in [0.1, 0.15) is 60.6 Å². The highest BCUT2D eigenvalue weighted by Crippen LogP contribution is 2.46. The van der Waals surface area contributed by atoms with Gasteiger partial charge in [0.1, 0.15) is 24.3 Å². The molecule has 16 nitrogen and oxygen atoms in total. The Bertz CT molecular complexity index is 1490. The molecule has 1 saturated heterocycles. The highest BCUT2D eigenvalue weighted by molar-refractivity contribution is 7.54. The van der Waals surface area contributed by atoms with E-state index in [9.17, 15) is 24.1 Å². The van der Waals surface area contributed by atoms with Gasteiger partial charge < -0.3 is 29.6 Å². The van der Waals surface area contributed by atoms with E-state index < -0.39 is 68.0 Å². The summed E-state index contributed by atoms with van der Waals surface area (Å²) in [7, 11) is -4.42. The van der Waals surface area contributed by atoms with Crippen LogP contribution in [-0.2, 0) is 32.9 Å². The molecule has 0 radical (unpaired) electrons. The van der Waals surface area contributed by atoms with Gasteiger partial charge in [-0.05, 0) is 38.5 Å². The molecule has 2 unspecified atom stereocenters. The minimum Gasteiger partial charge on any atom is -0.465 e. The molecule has 6 N–H and O–H groups in total. The van der Waals surface area contributed by atoms with Gasteiger partial charge in [0, 0.05) is 0 Å². The number of ether oxygens (including phenoxy) is 3. The van der Waals surface area contributed by atoms with Crippen molar-refractivity contribution in [1.29, 1.82) is 0 Å². The van der Waals surface area contributed by atoms with E-state index >= 15 is 4.39 Å². The molecule has 0 aliphatic carbocycles. The zero-order valence-corrected chi connectivity index (χ0v) is 27.6. The second-order valence-electron chi connectivity index (χ2n) is 11.6. The maximum Gasteiger partial charge on any atom is 0.342 e. The minimum absolute atomic E-state index is 0.0516. The summed E-state index contributed by atoms with van der Waals surface area (Å²) in [6.07, 6.45) is 1.58. The highest BCUT2D eigenvalue weighted by Gasteiger charge is 2.58. The molecule has 18 heteroatoms. The van der Waals surface area contributed by atoms with Crippen molar-refractivity contribution < 1.29 is 42.4 Å². The summed E-state index contributed by atoms with van der Waals surface area (Å²) in [5, 5.41) is 16.4. The van der Waals surface area contributed by atoms with Crippen LogP contribution in [0.4, 0.5) is 10.3 Å². The van der Waals surface area contributed by atoms with Gasteiger partial charge in [-0.25, -0.2) is 19.5 Å². The predicted octanol–water partition coefficient (Wildman–Crippen LogP) is 1.56. The molecule has 1 fully saturated rings. The molecule has 0 bridgehead atoms. The van der Waals surface area contributed by atoms with E-state index in [4.69, 9.17) is 30.9 Å². The molecule has 0 amide bonds. The monoisotopic (exact) mass is 671 g/mol. The van der Waals surface area contributed by atoms with Gasteiger partial charge in [0.25, 0.3) is 5.56 Å². The lowest BCUT2D eigenvalue weighted by molar-refractivity contribution is -0.146. The number of nitrogen functional groups attached to an aromatic ring is 1. The number of aromatic amines is 1. The summed E-state index contributed by atoms with van der Waals surface area (Å²) in [4.78, 5) is 48.2. The number of H-pyrrole nitrogens is 1. The number of alkyl halides is 1. The Kier molecular flexibility index (Phi) is 12.5. The first-order chi connectivity index (χ1) is 21.6. The van der Waals surface area contributed by atoms with Gasteiger partial charge in [-0.3, -0.25) is 28.5 Å². The molecule has 3 rings (SSSR count). The number of fused-ring (bicyclic) bond motifs is 1. The smallest absolute Gasteiger partial charge is 0.342 e. The number of carbonyl (C=O) groups is 2. The Morgan fingerprint density at radius 3 is 2.22 bits per heavy atom. The average Bonchev–Trinajstić information content (AvgIpc) is 3.49. The van der Waals surface area contributed by atoms with Crippen LogP contribution in [0.15, 0.2) is 11.1 Å². The fraction of sp³-hybridized carbons (Fsp3) is 0.679. The number of nitrogens with one attached hydrogen (secondary N) is 3. The molecule has 0 aromatic carbocycles. The number of aliphatic hydroxyl groups is 1. The van der Waals surface area contributed by atoms with Crippen molar-refractivity contribution >= 4 is 36.7 Å². The summed E-state index contributed by atoms with van der Waals surface area (Å²) in [6, 6.07) is -2.28. The van der Waals surface area contributed by atoms with Crippen LogP contribution in [0.3, 0.4) is 0 Å². The van der Waals surface area contributed by atoms with E-state index in [1.807, 2.05) is 33.6 Å². The molecular formula is C28H43FN7O9P. The van der Waals surface area contributed by atoms with Crippen molar-refractivity contribution in [3.05, 3.63) is 16.7 Å². The number of aliphatic hydroxyl groups excluding tert-OH is 1. The molecule has 0 saturated carbocycles. The molecule has 256 valence electrons. The van der Waals surface area contributed by atoms with Gasteiger partial charge in [-0.2, -0.15) is 4.98 Å². The number of carbonyl (C=O) groups excluding carboxylic acids is 2. The zero-order chi connectivity index (χ0) is 34.4. The first-order valence-corrected chi connectivity index (χ1v) is 16.6. The second-order valence-corrected chi connectivity index (χ2v) is 13.5. The predicted molar refractivity (Wildman–Crippen MR) is 165 cm³/mol. The minimum atomic E-state index is -4.42. The fourth-order valence-corrected chi connectivity index (χ4v) is 6.78. The van der Waals surface area contributed by atoms with Crippen LogP contribution in [0, 0.1) is 24.2 Å². The van der Waals surface area contributed by atoms with Gasteiger partial charge in [-0.1, -0.05) is 33.6 Å². The summed E-state index contributed by atoms with van der Waals surface area (Å²) < 4.78 is 53.6. The van der Waals surface area contributed by atoms with E-state index in [2.05, 4.69) is 25.1 Å². The summed E-state index contributed by atoms with van der Waals surface area (Å²) in [5.74, 6) is 0.0826. The van der Waals surface area contributed by atoms with Gasteiger partial charge in [0.15, 0.2) is 17.4 Å². The number of nitrogens with two attached hydrogens (primary N) is 1. The summed E-state index contributed by atoms with van der Waals surface area (Å²) in [6.45, 7) is 9.96. The van der Waals surface area contributed by atoms with E-state index in [1.54, 1.807) is 13.8 Å². The van der Waals surface area contributed by atoms with Crippen LogP contribution in [0.5, 0.6) is 0 Å². The fourth-order valence-electron chi connectivity index (χ4n) is 4.96. The molecule has 6 atom stereocenters. The Morgan fingerprint density at radius 1 is 1.20 bits per heavy atom. The summed E-state index contributed by atoms with van der Waals surface area (Å²) in [5.41, 5.74) is 1.71. The molecule has 3 heterocycles. The Labute approximate surface area is 265 Å². The maximum absolute atomic E-state index is 16.3. The number of aromatic nitrogens is 4. The first kappa shape index (κ1) is 37.1. The summed E-state index contributed by atoms with van der Waals surface area (Å²) >= 11 is 0. The van der Waals surface area contributed by atoms with E-state index in [0.29, 0.717) is 0 Å². The van der Waals surface area contributed by atoms with Crippen molar-refractivity contribution in [3.63, 3.8) is 0 Å². The van der Waals surface area contributed by atoms with Crippen molar-refractivity contribution in [2.45, 2.75) is 90.6 Å². The third kappa shape index (κ3) is 8.49. The van der Waals surface area contributed by atoms with Crippen molar-refractivity contribution in [2.24, 2.45) is 11.8 Å². The Balaban J connectivity index is 1.97. The third-order valence-corrected chi connectivity index (χ3v) is 8.81. The third-order valence-electron chi connectivity index (χ3n) is 7.00. The number of rotatable bonds is 16. The molecular weight excluding hydrogens is 628 g/mol. The standard InChI is InChI=1S/C28H43FN7O9P/c1-8-28(29)21(37)19(45-26(28)36-14-31-20-22(36)32-27(30)33-23(20)38)13-44-46(41,34-17(11-15(4)5)24(39)42-9-2)35-18(12-16(6)7)25(40)43-10-3/h1,14-19,21,26,37H,9-13H2,2-7H3,(H2,34,35,41)(H3,30,32,33,38)/t17?,18?,19-,21-,26-,28-,46?/m1/s1. The maximum atomic E-state index is 16.3. The lowest BCUT2D eigenvalue weighted by Gasteiger charge is -2.30. The molecule has 1 aliphatic heterocycles. The number of esters is 2. The van der Waals surface area contributed by atoms with Crippen LogP contribution >= 0.6 is 7.67 Å². The lowest BCUT2D eigenvalue weighted by atomic mass is 9.97. The van der Waals surface area contributed by atoms with Gasteiger partial charge in [0.05, 0.1) is 26.1 Å². The number of anilines is 1. The average molecular weight is 672 g/mol. The lowest BCUT2D eigenvalue weighted by Crippen LogP contribution is -2.46. The molecule has 2 aromatic heterocycles. The quantitative estimate of drug-likeness (QED) is 0.0971. The number of nitrogens with zero attached hydrogens (tertiary/aromatic N) is 3. The van der Waals surface area contributed by atoms with E-state index in [-0.39, 0.29) is 55.0 Å². The van der Waals surface area contributed by atoms with E-state index in [0.717, 1.165) is 10.9 Å². The van der Waals surface area contributed by atoms with Gasteiger partial charge in [-0.15, -0.1) is 6.42 Å². The number of terminal acetylenes is 1. The Hall–Kier alpha value is -3.39. The first-order valence-electron chi connectivity index (χ1n) is 14.9. The Morgan fingerprint density at radius 2 is 1.74 bits per heavy atom. The van der Waals surface area contributed by atoms with Gasteiger partial charge in [0.2, 0.25) is 11.6 Å². The van der Waals surface area contributed by atoms with Crippen LogP contribution in [-0.4, -0.2) is 86.3 Å². The SMILES string of the molecule is C#C[C@@]1(F)[C@H](O)[C@@H](COP(=O)(NC(CC(C)C)C(=O)OCC)NC(CC(C)C)C(=O)OCC)O[C@H]1n1cnc2c(=O)[nH]c(N)nc21. The second kappa shape index (κ2) is 15.5. The highest BCUT2D eigenvalue weighted by atomic mass is 31.2. The largest absolute Gasteiger partial charge is 0.465 e. The molecule has 1 aliphatic rings. The number of imidazole rings is 1. The van der Waals surface area contributed by atoms with Crippen LogP contribution in [0.2, 0.25) is 0 Å². The van der Waals surface area contributed by atoms with Crippen molar-refractivity contribution in [2.75, 3.05) is 25.6 Å². The van der Waals surface area contributed by atoms with E-state index in [1.165, 1.54) is 0 Å². The normalized spacial score (nSPS) is 24.1. The van der Waals surface area contributed by atoms with Crippen molar-refractivity contribution in [3.8, 4) is 12.3 Å². The molecule has 2 aromatic rings. The number of halogens is 1. The van der Waals surface area contributed by atoms with Gasteiger partial charge >= 0.3 is 19.6 Å². The molecule has 46 heavy (non-hydrogen) atoms. The zero-order valence-electron chi connectivity index (χ0n) is 26.7. The topological polar surface area (TPSA) is 222 Å². The van der Waals surface area contributed by atoms with Crippen molar-refractivity contribution in [1.82, 2.24) is 29.7 Å². The number of hydrogen-bond acceptors (Lipinski definition) is 12. The number of hydrogen-bond donors (Lipinski definition) is 5. The molecule has 0 spiro atoms.